The van der Waals surface area contributed by atoms with Gasteiger partial charge in [-0.3, -0.25) is 0 Å². The van der Waals surface area contributed by atoms with Crippen LogP contribution in [0.15, 0.2) is 36.4 Å². The molecule has 25 heavy (non-hydrogen) atoms. The predicted molar refractivity (Wildman–Crippen MR) is 104 cm³/mol. The molecule has 6 heteroatoms. The van der Waals surface area contributed by atoms with E-state index in [0.717, 1.165) is 23.4 Å². The summed E-state index contributed by atoms with van der Waals surface area (Å²) in [6.45, 7) is 2.39. The summed E-state index contributed by atoms with van der Waals surface area (Å²) < 4.78 is 0. The molecule has 0 spiro atoms. The second-order valence-electron chi connectivity index (χ2n) is 6.68. The molecule has 1 heterocycles. The Kier molecular flexibility index (Phi) is 5.67. The lowest BCUT2D eigenvalue weighted by atomic mass is 9.84. The van der Waals surface area contributed by atoms with Crippen LogP contribution in [0.2, 0.25) is 5.02 Å². The van der Waals surface area contributed by atoms with E-state index in [2.05, 4.69) is 16.7 Å². The van der Waals surface area contributed by atoms with Crippen LogP contribution in [-0.4, -0.2) is 17.7 Å². The molecule has 134 valence electrons. The second kappa shape index (κ2) is 7.77. The quantitative estimate of drug-likeness (QED) is 0.678. The summed E-state index contributed by atoms with van der Waals surface area (Å²) in [5.41, 5.74) is 0.699. The van der Waals surface area contributed by atoms with Crippen LogP contribution in [0.4, 0.5) is 10.5 Å². The highest BCUT2D eigenvalue weighted by Gasteiger charge is 2.37. The number of amides is 2. The topological polar surface area (TPSA) is 61.4 Å². The summed E-state index contributed by atoms with van der Waals surface area (Å²) in [5, 5.41) is 16.3. The Morgan fingerprint density at radius 2 is 1.92 bits per heavy atom. The molecule has 1 aromatic carbocycles. The first-order chi connectivity index (χ1) is 12.0. The number of urea groups is 1. The lowest BCUT2D eigenvalue weighted by molar-refractivity contribution is 0.203. The van der Waals surface area contributed by atoms with Gasteiger partial charge in [-0.05, 0) is 56.2 Å². The minimum atomic E-state index is -0.446. The van der Waals surface area contributed by atoms with Gasteiger partial charge >= 0.3 is 6.03 Å². The van der Waals surface area contributed by atoms with Gasteiger partial charge in [0.15, 0.2) is 0 Å². The maximum absolute atomic E-state index is 12.2. The molecule has 4 nitrogen and oxygen atoms in total. The Morgan fingerprint density at radius 3 is 2.52 bits per heavy atom. The number of benzene rings is 1. The summed E-state index contributed by atoms with van der Waals surface area (Å²) in [6.07, 6.45) is 4.02. The van der Waals surface area contributed by atoms with Crippen molar-refractivity contribution in [2.45, 2.75) is 44.1 Å². The first-order valence-electron chi connectivity index (χ1n) is 8.57. The number of thiophene rings is 1. The van der Waals surface area contributed by atoms with Gasteiger partial charge in [-0.2, -0.15) is 0 Å². The van der Waals surface area contributed by atoms with E-state index in [4.69, 9.17) is 11.6 Å². The lowest BCUT2D eigenvalue weighted by Crippen LogP contribution is -2.40. The van der Waals surface area contributed by atoms with Crippen molar-refractivity contribution >= 4 is 34.7 Å². The molecule has 1 aromatic heterocycles. The van der Waals surface area contributed by atoms with Crippen LogP contribution in [0, 0.1) is 0 Å². The SMILES string of the molecule is CC(O)c1ccc(C2(CNC(=O)Nc3ccc(Cl)cc3)CCCC2)s1. The molecule has 1 saturated carbocycles. The Balaban J connectivity index is 1.65. The van der Waals surface area contributed by atoms with Crippen LogP contribution in [0.25, 0.3) is 0 Å². The zero-order chi connectivity index (χ0) is 17.9. The molecular formula is C19H23ClN2O2S. The highest BCUT2D eigenvalue weighted by molar-refractivity contribution is 7.12. The van der Waals surface area contributed by atoms with Gasteiger partial charge in [0.25, 0.3) is 0 Å². The smallest absolute Gasteiger partial charge is 0.319 e. The highest BCUT2D eigenvalue weighted by atomic mass is 35.5. The third-order valence-electron chi connectivity index (χ3n) is 4.81. The maximum Gasteiger partial charge on any atom is 0.319 e. The molecule has 0 radical (unpaired) electrons. The summed E-state index contributed by atoms with van der Waals surface area (Å²) in [7, 11) is 0. The van der Waals surface area contributed by atoms with Gasteiger partial charge in [-0.15, -0.1) is 11.3 Å². The normalized spacial score (nSPS) is 17.2. The van der Waals surface area contributed by atoms with Crippen molar-refractivity contribution in [3.8, 4) is 0 Å². The van der Waals surface area contributed by atoms with Crippen LogP contribution in [-0.2, 0) is 5.41 Å². The largest absolute Gasteiger partial charge is 0.388 e. The number of halogens is 1. The summed E-state index contributed by atoms with van der Waals surface area (Å²) in [4.78, 5) is 14.5. The third kappa shape index (κ3) is 4.35. The van der Waals surface area contributed by atoms with Crippen molar-refractivity contribution in [3.05, 3.63) is 51.2 Å². The molecule has 1 atom stereocenters. The fraction of sp³-hybridized carbons (Fsp3) is 0.421. The molecule has 3 N–H and O–H groups in total. The van der Waals surface area contributed by atoms with Crippen LogP contribution in [0.5, 0.6) is 0 Å². The molecule has 3 rings (SSSR count). The second-order valence-corrected chi connectivity index (χ2v) is 8.23. The molecule has 1 aliphatic rings. The third-order valence-corrected chi connectivity index (χ3v) is 6.57. The number of carbonyl (C=O) groups is 1. The van der Waals surface area contributed by atoms with E-state index >= 15 is 0 Å². The first-order valence-corrected chi connectivity index (χ1v) is 9.77. The van der Waals surface area contributed by atoms with Crippen LogP contribution < -0.4 is 10.6 Å². The van der Waals surface area contributed by atoms with Gasteiger partial charge in [0.05, 0.1) is 6.10 Å². The zero-order valence-corrected chi connectivity index (χ0v) is 15.8. The lowest BCUT2D eigenvalue weighted by Gasteiger charge is -2.28. The van der Waals surface area contributed by atoms with Gasteiger partial charge in [-0.1, -0.05) is 24.4 Å². The first kappa shape index (κ1) is 18.2. The number of hydrogen-bond acceptors (Lipinski definition) is 3. The van der Waals surface area contributed by atoms with E-state index in [1.807, 2.05) is 6.07 Å². The monoisotopic (exact) mass is 378 g/mol. The fourth-order valence-electron chi connectivity index (χ4n) is 3.38. The Bertz CT molecular complexity index is 721. The summed E-state index contributed by atoms with van der Waals surface area (Å²) in [5.74, 6) is 0. The maximum atomic E-state index is 12.2. The Morgan fingerprint density at radius 1 is 1.24 bits per heavy atom. The van der Waals surface area contributed by atoms with Gasteiger partial charge < -0.3 is 15.7 Å². The molecule has 0 bridgehead atoms. The number of anilines is 1. The van der Waals surface area contributed by atoms with Gasteiger partial charge in [0.2, 0.25) is 0 Å². The Hall–Kier alpha value is -1.56. The number of nitrogens with one attached hydrogen (secondary N) is 2. The highest BCUT2D eigenvalue weighted by Crippen LogP contribution is 2.44. The zero-order valence-electron chi connectivity index (χ0n) is 14.2. The van der Waals surface area contributed by atoms with Gasteiger partial charge in [0.1, 0.15) is 0 Å². The average molecular weight is 379 g/mol. The minimum Gasteiger partial charge on any atom is -0.388 e. The van der Waals surface area contributed by atoms with E-state index in [-0.39, 0.29) is 11.4 Å². The number of carbonyl (C=O) groups excluding carboxylic acids is 1. The van der Waals surface area contributed by atoms with E-state index in [1.165, 1.54) is 17.7 Å². The number of hydrogen-bond donors (Lipinski definition) is 3. The predicted octanol–water partition coefficient (Wildman–Crippen LogP) is 5.09. The van der Waals surface area contributed by atoms with Crippen LogP contribution in [0.3, 0.4) is 0 Å². The molecule has 1 fully saturated rings. The van der Waals surface area contributed by atoms with Crippen molar-refractivity contribution in [1.82, 2.24) is 5.32 Å². The minimum absolute atomic E-state index is 0.0187. The Labute approximate surface area is 157 Å². The van der Waals surface area contributed by atoms with E-state index in [9.17, 15) is 9.90 Å². The fourth-order valence-corrected chi connectivity index (χ4v) is 4.70. The van der Waals surface area contributed by atoms with E-state index in [0.29, 0.717) is 11.6 Å². The summed E-state index contributed by atoms with van der Waals surface area (Å²) in [6, 6.07) is 11.0. The van der Waals surface area contributed by atoms with Crippen molar-refractivity contribution in [2.75, 3.05) is 11.9 Å². The number of aliphatic hydroxyl groups excluding tert-OH is 1. The molecule has 1 unspecified atom stereocenters. The number of rotatable bonds is 5. The standard InChI is InChI=1S/C19H23ClN2O2S/c1-13(23)16-8-9-17(25-16)19(10-2-3-11-19)12-21-18(24)22-15-6-4-14(20)5-7-15/h4-9,13,23H,2-3,10-12H2,1H3,(H2,21,22,24). The molecule has 2 aromatic rings. The van der Waals surface area contributed by atoms with Crippen LogP contribution >= 0.6 is 22.9 Å². The average Bonchev–Trinajstić information content (AvgIpc) is 3.25. The van der Waals surface area contributed by atoms with Gasteiger partial charge in [0, 0.05) is 32.4 Å². The molecule has 1 aliphatic carbocycles. The molecule has 0 aliphatic heterocycles. The number of aliphatic hydroxyl groups is 1. The molecule has 0 saturated heterocycles. The summed E-state index contributed by atoms with van der Waals surface area (Å²) >= 11 is 7.52. The van der Waals surface area contributed by atoms with Crippen molar-refractivity contribution in [1.29, 1.82) is 0 Å². The van der Waals surface area contributed by atoms with Crippen molar-refractivity contribution in [2.24, 2.45) is 0 Å². The van der Waals surface area contributed by atoms with E-state index < -0.39 is 6.10 Å². The van der Waals surface area contributed by atoms with Gasteiger partial charge in [-0.25, -0.2) is 4.79 Å². The van der Waals surface area contributed by atoms with E-state index in [1.54, 1.807) is 42.5 Å². The van der Waals surface area contributed by atoms with Crippen molar-refractivity contribution in [3.63, 3.8) is 0 Å². The van der Waals surface area contributed by atoms with Crippen LogP contribution in [0.1, 0.15) is 48.5 Å². The molecule has 2 amide bonds. The molecular weight excluding hydrogens is 356 g/mol. The van der Waals surface area contributed by atoms with Crippen molar-refractivity contribution < 1.29 is 9.90 Å².